The van der Waals surface area contributed by atoms with Gasteiger partial charge in [-0.15, -0.1) is 0 Å². The first-order chi connectivity index (χ1) is 6.24. The molecule has 0 aliphatic carbocycles. The van der Waals surface area contributed by atoms with E-state index < -0.39 is 5.97 Å². The maximum absolute atomic E-state index is 10.7. The molecule has 0 aromatic carbocycles. The number of hydrogen-bond acceptors (Lipinski definition) is 3. The Balaban J connectivity index is 2.89. The zero-order valence-electron chi connectivity index (χ0n) is 7.50. The lowest BCUT2D eigenvalue weighted by Crippen LogP contribution is -1.95. The van der Waals surface area contributed by atoms with Gasteiger partial charge in [0.2, 0.25) is 0 Å². The summed E-state index contributed by atoms with van der Waals surface area (Å²) < 4.78 is 4.37. The van der Waals surface area contributed by atoms with Crippen LogP contribution in [0, 0.1) is 18.8 Å². The Kier molecular flexibility index (Phi) is 3.04. The quantitative estimate of drug-likeness (QED) is 0.434. The number of methoxy groups -OCH3 is 1. The Morgan fingerprint density at radius 3 is 3.00 bits per heavy atom. The van der Waals surface area contributed by atoms with Crippen molar-refractivity contribution >= 4 is 5.97 Å². The first-order valence-corrected chi connectivity index (χ1v) is 3.75. The van der Waals surface area contributed by atoms with Crippen LogP contribution in [0.1, 0.15) is 11.3 Å². The third-order valence-corrected chi connectivity index (χ3v) is 1.48. The third-order valence-electron chi connectivity index (χ3n) is 1.48. The Hall–Kier alpha value is -1.82. The van der Waals surface area contributed by atoms with Gasteiger partial charge in [-0.25, -0.2) is 9.78 Å². The van der Waals surface area contributed by atoms with Crippen molar-refractivity contribution in [3.63, 3.8) is 0 Å². The van der Waals surface area contributed by atoms with Gasteiger partial charge in [-0.2, -0.15) is 0 Å². The Morgan fingerprint density at radius 2 is 2.38 bits per heavy atom. The maximum Gasteiger partial charge on any atom is 0.384 e. The van der Waals surface area contributed by atoms with Crippen LogP contribution >= 0.6 is 0 Å². The van der Waals surface area contributed by atoms with E-state index in [2.05, 4.69) is 21.6 Å². The van der Waals surface area contributed by atoms with E-state index in [1.54, 1.807) is 6.20 Å². The molecule has 3 nitrogen and oxygen atoms in total. The summed E-state index contributed by atoms with van der Waals surface area (Å²) in [4.78, 5) is 14.7. The molecule has 13 heavy (non-hydrogen) atoms. The highest BCUT2D eigenvalue weighted by atomic mass is 16.5. The molecule has 0 amide bonds. The Morgan fingerprint density at radius 1 is 1.62 bits per heavy atom. The molecule has 0 spiro atoms. The van der Waals surface area contributed by atoms with Crippen molar-refractivity contribution in [1.82, 2.24) is 4.98 Å². The molecule has 66 valence electrons. The molecule has 0 fully saturated rings. The second kappa shape index (κ2) is 4.27. The monoisotopic (exact) mass is 175 g/mol. The average molecular weight is 175 g/mol. The van der Waals surface area contributed by atoms with Gasteiger partial charge in [0.15, 0.2) is 0 Å². The molecule has 1 rings (SSSR count). The number of hydrogen-bond donors (Lipinski definition) is 0. The smallest absolute Gasteiger partial charge is 0.384 e. The summed E-state index contributed by atoms with van der Waals surface area (Å²) in [5, 5.41) is 0. The topological polar surface area (TPSA) is 39.2 Å². The average Bonchev–Trinajstić information content (AvgIpc) is 2.16. The van der Waals surface area contributed by atoms with E-state index in [-0.39, 0.29) is 0 Å². The van der Waals surface area contributed by atoms with Gasteiger partial charge in [0.05, 0.1) is 7.11 Å². The van der Waals surface area contributed by atoms with Crippen LogP contribution in [0.25, 0.3) is 0 Å². The van der Waals surface area contributed by atoms with Crippen LogP contribution in [0.5, 0.6) is 0 Å². The standard InChI is InChI=1S/C10H9NO2/c1-8-4-3-7-11-9(8)5-6-10(12)13-2/h3-4,7H,1-2H3. The summed E-state index contributed by atoms with van der Waals surface area (Å²) in [5.41, 5.74) is 1.55. The Bertz CT molecular complexity index is 374. The number of rotatable bonds is 0. The van der Waals surface area contributed by atoms with Crippen LogP contribution in [-0.2, 0) is 9.53 Å². The number of esters is 1. The van der Waals surface area contributed by atoms with Crippen molar-refractivity contribution < 1.29 is 9.53 Å². The number of carbonyl (C=O) groups excluding carboxylic acids is 1. The van der Waals surface area contributed by atoms with Crippen LogP contribution in [0.2, 0.25) is 0 Å². The minimum absolute atomic E-state index is 0.551. The first kappa shape index (κ1) is 9.27. The molecule has 0 aliphatic rings. The fourth-order valence-electron chi connectivity index (χ4n) is 0.778. The Labute approximate surface area is 76.8 Å². The van der Waals surface area contributed by atoms with Crippen LogP contribution in [0.3, 0.4) is 0 Å². The van der Waals surface area contributed by atoms with Gasteiger partial charge in [0.1, 0.15) is 5.69 Å². The van der Waals surface area contributed by atoms with Gasteiger partial charge in [-0.3, -0.25) is 0 Å². The second-order valence-corrected chi connectivity index (χ2v) is 2.41. The first-order valence-electron chi connectivity index (χ1n) is 3.75. The number of nitrogens with zero attached hydrogens (tertiary/aromatic N) is 1. The van der Waals surface area contributed by atoms with E-state index >= 15 is 0 Å². The zero-order chi connectivity index (χ0) is 9.68. The molecular formula is C10H9NO2. The van der Waals surface area contributed by atoms with Gasteiger partial charge in [0.25, 0.3) is 0 Å². The molecule has 0 saturated heterocycles. The molecule has 0 atom stereocenters. The summed E-state index contributed by atoms with van der Waals surface area (Å²) in [6.07, 6.45) is 1.63. The van der Waals surface area contributed by atoms with Gasteiger partial charge in [0, 0.05) is 12.1 Å². The zero-order valence-corrected chi connectivity index (χ0v) is 7.50. The van der Waals surface area contributed by atoms with E-state index in [1.807, 2.05) is 19.1 Å². The van der Waals surface area contributed by atoms with E-state index in [9.17, 15) is 4.79 Å². The van der Waals surface area contributed by atoms with Crippen molar-refractivity contribution in [2.24, 2.45) is 0 Å². The van der Waals surface area contributed by atoms with Crippen LogP contribution in [0.4, 0.5) is 0 Å². The van der Waals surface area contributed by atoms with Crippen molar-refractivity contribution in [2.75, 3.05) is 7.11 Å². The maximum atomic E-state index is 10.7. The molecule has 0 aliphatic heterocycles. The van der Waals surface area contributed by atoms with E-state index in [0.29, 0.717) is 5.69 Å². The molecule has 1 aromatic heterocycles. The molecule has 0 unspecified atom stereocenters. The SMILES string of the molecule is COC(=O)C#Cc1ncccc1C. The summed E-state index contributed by atoms with van der Waals surface area (Å²) in [6.45, 7) is 1.88. The van der Waals surface area contributed by atoms with Crippen molar-refractivity contribution in [3.05, 3.63) is 29.6 Å². The summed E-state index contributed by atoms with van der Waals surface area (Å²) in [6, 6.07) is 3.70. The highest BCUT2D eigenvalue weighted by Gasteiger charge is 1.94. The molecule has 0 N–H and O–H groups in total. The molecule has 0 saturated carbocycles. The highest BCUT2D eigenvalue weighted by Crippen LogP contribution is 1.99. The predicted molar refractivity (Wildman–Crippen MR) is 47.9 cm³/mol. The molecule has 0 bridgehead atoms. The largest absolute Gasteiger partial charge is 0.459 e. The molecule has 1 aromatic rings. The molecule has 3 heteroatoms. The third kappa shape index (κ3) is 2.60. The van der Waals surface area contributed by atoms with Gasteiger partial charge < -0.3 is 4.74 Å². The lowest BCUT2D eigenvalue weighted by molar-refractivity contribution is -0.133. The van der Waals surface area contributed by atoms with Crippen molar-refractivity contribution in [2.45, 2.75) is 6.92 Å². The number of aryl methyl sites for hydroxylation is 1. The van der Waals surface area contributed by atoms with E-state index in [0.717, 1.165) is 5.56 Å². The lowest BCUT2D eigenvalue weighted by atomic mass is 10.2. The summed E-state index contributed by atoms with van der Waals surface area (Å²) in [7, 11) is 1.29. The summed E-state index contributed by atoms with van der Waals surface area (Å²) >= 11 is 0. The number of aromatic nitrogens is 1. The molecular weight excluding hydrogens is 166 g/mol. The van der Waals surface area contributed by atoms with E-state index in [1.165, 1.54) is 7.11 Å². The van der Waals surface area contributed by atoms with Gasteiger partial charge in [-0.1, -0.05) is 6.07 Å². The normalized spacial score (nSPS) is 8.46. The predicted octanol–water partition coefficient (Wildman–Crippen LogP) is 0.915. The second-order valence-electron chi connectivity index (χ2n) is 2.41. The lowest BCUT2D eigenvalue weighted by Gasteiger charge is -1.93. The fourth-order valence-corrected chi connectivity index (χ4v) is 0.778. The minimum atomic E-state index is -0.551. The number of carbonyl (C=O) groups is 1. The van der Waals surface area contributed by atoms with Crippen LogP contribution in [-0.4, -0.2) is 18.1 Å². The van der Waals surface area contributed by atoms with Crippen molar-refractivity contribution in [3.8, 4) is 11.8 Å². The number of pyridine rings is 1. The summed E-state index contributed by atoms with van der Waals surface area (Å²) in [5.74, 6) is 4.39. The van der Waals surface area contributed by atoms with Gasteiger partial charge >= 0.3 is 5.97 Å². The highest BCUT2D eigenvalue weighted by molar-refractivity contribution is 5.88. The minimum Gasteiger partial charge on any atom is -0.459 e. The number of ether oxygens (including phenoxy) is 1. The molecule has 0 radical (unpaired) electrons. The fraction of sp³-hybridized carbons (Fsp3) is 0.200. The van der Waals surface area contributed by atoms with Gasteiger partial charge in [-0.05, 0) is 24.5 Å². The van der Waals surface area contributed by atoms with Crippen LogP contribution in [0.15, 0.2) is 18.3 Å². The van der Waals surface area contributed by atoms with Crippen molar-refractivity contribution in [1.29, 1.82) is 0 Å². The molecule has 1 heterocycles. The van der Waals surface area contributed by atoms with Crippen LogP contribution < -0.4 is 0 Å². The van der Waals surface area contributed by atoms with E-state index in [4.69, 9.17) is 0 Å².